The van der Waals surface area contributed by atoms with E-state index < -0.39 is 17.1 Å². The molecule has 0 radical (unpaired) electrons. The minimum Gasteiger partial charge on any atom is -0.504 e. The van der Waals surface area contributed by atoms with Gasteiger partial charge < -0.3 is 15.6 Å². The molecule has 0 spiro atoms. The molecule has 5 heteroatoms. The molecule has 88 valence electrons. The van der Waals surface area contributed by atoms with Crippen LogP contribution in [0.15, 0.2) is 6.07 Å². The van der Waals surface area contributed by atoms with E-state index in [2.05, 4.69) is 0 Å². The number of phenols is 1. The second kappa shape index (κ2) is 3.79. The van der Waals surface area contributed by atoms with Gasteiger partial charge >= 0.3 is 0 Å². The van der Waals surface area contributed by atoms with Gasteiger partial charge in [-0.1, -0.05) is 11.6 Å². The van der Waals surface area contributed by atoms with Crippen LogP contribution in [0, 0.1) is 5.82 Å². The average Bonchev–Trinajstić information content (AvgIpc) is 2.21. The molecule has 16 heavy (non-hydrogen) atoms. The SMILES string of the molecule is COc1c(Cl)cc(C2(N)CCC2)c(O)c1F. The van der Waals surface area contributed by atoms with Crippen LogP contribution in [0.1, 0.15) is 24.8 Å². The number of benzene rings is 1. The van der Waals surface area contributed by atoms with Crippen molar-refractivity contribution < 1.29 is 14.2 Å². The Hall–Kier alpha value is -1.00. The van der Waals surface area contributed by atoms with Gasteiger partial charge in [-0.15, -0.1) is 0 Å². The first-order chi connectivity index (χ1) is 7.49. The molecular weight excluding hydrogens is 233 g/mol. The van der Waals surface area contributed by atoms with Gasteiger partial charge in [-0.2, -0.15) is 4.39 Å². The number of nitrogens with two attached hydrogens (primary N) is 1. The van der Waals surface area contributed by atoms with Gasteiger partial charge in [0.2, 0.25) is 5.82 Å². The second-order valence-electron chi connectivity index (χ2n) is 4.11. The van der Waals surface area contributed by atoms with E-state index >= 15 is 0 Å². The molecule has 3 nitrogen and oxygen atoms in total. The molecule has 3 N–H and O–H groups in total. The van der Waals surface area contributed by atoms with Crippen molar-refractivity contribution in [2.45, 2.75) is 24.8 Å². The lowest BCUT2D eigenvalue weighted by Gasteiger charge is -2.39. The van der Waals surface area contributed by atoms with E-state index in [0.717, 1.165) is 19.3 Å². The van der Waals surface area contributed by atoms with E-state index in [4.69, 9.17) is 22.1 Å². The van der Waals surface area contributed by atoms with Crippen molar-refractivity contribution in [2.75, 3.05) is 7.11 Å². The first-order valence-corrected chi connectivity index (χ1v) is 5.42. The van der Waals surface area contributed by atoms with Crippen molar-refractivity contribution in [2.24, 2.45) is 5.73 Å². The summed E-state index contributed by atoms with van der Waals surface area (Å²) in [4.78, 5) is 0. The van der Waals surface area contributed by atoms with Gasteiger partial charge in [-0.25, -0.2) is 0 Å². The number of hydrogen-bond acceptors (Lipinski definition) is 3. The summed E-state index contributed by atoms with van der Waals surface area (Å²) in [6.07, 6.45) is 2.42. The average molecular weight is 246 g/mol. The summed E-state index contributed by atoms with van der Waals surface area (Å²) in [5.74, 6) is -1.45. The van der Waals surface area contributed by atoms with Gasteiger partial charge in [-0.05, 0) is 25.3 Å². The summed E-state index contributed by atoms with van der Waals surface area (Å²) in [5, 5.41) is 9.87. The minimum absolute atomic E-state index is 0.129. The third kappa shape index (κ3) is 1.53. The zero-order valence-corrected chi connectivity index (χ0v) is 9.64. The van der Waals surface area contributed by atoms with Crippen molar-refractivity contribution in [3.05, 3.63) is 22.5 Å². The lowest BCUT2D eigenvalue weighted by Crippen LogP contribution is -2.43. The standard InChI is InChI=1S/C11H13ClFNO2/c1-16-10-7(12)5-6(9(15)8(10)13)11(14)3-2-4-11/h5,15H,2-4,14H2,1H3. The van der Waals surface area contributed by atoms with Gasteiger partial charge in [0.1, 0.15) is 0 Å². The summed E-state index contributed by atoms with van der Waals surface area (Å²) < 4.78 is 18.5. The van der Waals surface area contributed by atoms with Crippen LogP contribution >= 0.6 is 11.6 Å². The Kier molecular flexibility index (Phi) is 2.72. The van der Waals surface area contributed by atoms with E-state index in [9.17, 15) is 9.50 Å². The number of hydrogen-bond donors (Lipinski definition) is 2. The Labute approximate surface area is 98.0 Å². The minimum atomic E-state index is -0.846. The number of halogens is 2. The quantitative estimate of drug-likeness (QED) is 0.842. The molecule has 0 bridgehead atoms. The maximum atomic E-state index is 13.7. The molecule has 2 rings (SSSR count). The number of methoxy groups -OCH3 is 1. The molecule has 1 aromatic carbocycles. The number of rotatable bonds is 2. The third-order valence-electron chi connectivity index (χ3n) is 3.14. The van der Waals surface area contributed by atoms with Crippen molar-refractivity contribution >= 4 is 11.6 Å². The highest BCUT2D eigenvalue weighted by atomic mass is 35.5. The summed E-state index contributed by atoms with van der Waals surface area (Å²) in [7, 11) is 1.30. The fourth-order valence-corrected chi connectivity index (χ4v) is 2.25. The molecule has 1 aliphatic carbocycles. The summed E-state index contributed by atoms with van der Waals surface area (Å²) in [6, 6.07) is 1.48. The first-order valence-electron chi connectivity index (χ1n) is 5.04. The van der Waals surface area contributed by atoms with Crippen LogP contribution in [0.25, 0.3) is 0 Å². The Morgan fingerprint density at radius 2 is 2.19 bits per heavy atom. The zero-order chi connectivity index (χ0) is 11.9. The molecule has 0 aliphatic heterocycles. The van der Waals surface area contributed by atoms with Crippen molar-refractivity contribution in [3.63, 3.8) is 0 Å². The topological polar surface area (TPSA) is 55.5 Å². The largest absolute Gasteiger partial charge is 0.504 e. The summed E-state index contributed by atoms with van der Waals surface area (Å²) in [5.41, 5.74) is 5.74. The van der Waals surface area contributed by atoms with Crippen LogP contribution in [0.3, 0.4) is 0 Å². The molecule has 0 saturated heterocycles. The van der Waals surface area contributed by atoms with Crippen LogP contribution in [0.2, 0.25) is 5.02 Å². The molecule has 1 fully saturated rings. The molecule has 1 saturated carbocycles. The molecule has 0 unspecified atom stereocenters. The Balaban J connectivity index is 2.56. The van der Waals surface area contributed by atoms with Crippen molar-refractivity contribution in [1.29, 1.82) is 0 Å². The monoisotopic (exact) mass is 245 g/mol. The Morgan fingerprint density at radius 3 is 2.62 bits per heavy atom. The molecular formula is C11H13ClFNO2. The van der Waals surface area contributed by atoms with Gasteiger partial charge in [0, 0.05) is 11.1 Å². The van der Waals surface area contributed by atoms with Gasteiger partial charge in [-0.3, -0.25) is 0 Å². The van der Waals surface area contributed by atoms with Crippen molar-refractivity contribution in [3.8, 4) is 11.5 Å². The normalized spacial score (nSPS) is 18.0. The number of ether oxygens (including phenoxy) is 1. The summed E-state index contributed by atoms with van der Waals surface area (Å²) >= 11 is 5.86. The predicted molar refractivity (Wildman–Crippen MR) is 59.3 cm³/mol. The lowest BCUT2D eigenvalue weighted by atomic mass is 9.72. The Morgan fingerprint density at radius 1 is 1.56 bits per heavy atom. The van der Waals surface area contributed by atoms with Crippen molar-refractivity contribution in [1.82, 2.24) is 0 Å². The number of phenolic OH excluding ortho intramolecular Hbond substituents is 1. The van der Waals surface area contributed by atoms with Crippen LogP contribution in [0.4, 0.5) is 4.39 Å². The fraction of sp³-hybridized carbons (Fsp3) is 0.455. The van der Waals surface area contributed by atoms with Gasteiger partial charge in [0.15, 0.2) is 11.5 Å². The van der Waals surface area contributed by atoms with E-state index in [-0.39, 0.29) is 10.8 Å². The Bertz CT molecular complexity index is 432. The highest BCUT2D eigenvalue weighted by Gasteiger charge is 2.38. The zero-order valence-electron chi connectivity index (χ0n) is 8.89. The summed E-state index contributed by atoms with van der Waals surface area (Å²) in [6.45, 7) is 0. The first kappa shape index (κ1) is 11.5. The molecule has 1 aromatic rings. The smallest absolute Gasteiger partial charge is 0.208 e. The van der Waals surface area contributed by atoms with Crippen LogP contribution < -0.4 is 10.5 Å². The van der Waals surface area contributed by atoms with Crippen LogP contribution in [0.5, 0.6) is 11.5 Å². The molecule has 0 amide bonds. The maximum Gasteiger partial charge on any atom is 0.208 e. The predicted octanol–water partition coefficient (Wildman–Crippen LogP) is 2.53. The highest BCUT2D eigenvalue weighted by molar-refractivity contribution is 6.32. The van der Waals surface area contributed by atoms with E-state index in [0.29, 0.717) is 5.56 Å². The highest BCUT2D eigenvalue weighted by Crippen LogP contribution is 2.47. The van der Waals surface area contributed by atoms with Crippen LogP contribution in [-0.2, 0) is 5.54 Å². The molecule has 0 atom stereocenters. The third-order valence-corrected chi connectivity index (χ3v) is 3.42. The van der Waals surface area contributed by atoms with E-state index in [1.807, 2.05) is 0 Å². The maximum absolute atomic E-state index is 13.7. The number of aromatic hydroxyl groups is 1. The van der Waals surface area contributed by atoms with Gasteiger partial charge in [0.05, 0.1) is 12.1 Å². The second-order valence-corrected chi connectivity index (χ2v) is 4.52. The van der Waals surface area contributed by atoms with E-state index in [1.54, 1.807) is 0 Å². The fourth-order valence-electron chi connectivity index (χ4n) is 1.98. The van der Waals surface area contributed by atoms with Gasteiger partial charge in [0.25, 0.3) is 0 Å². The van der Waals surface area contributed by atoms with E-state index in [1.165, 1.54) is 13.2 Å². The molecule has 1 aliphatic rings. The lowest BCUT2D eigenvalue weighted by molar-refractivity contribution is 0.241. The molecule has 0 aromatic heterocycles. The van der Waals surface area contributed by atoms with Crippen LogP contribution in [-0.4, -0.2) is 12.2 Å². The molecule has 0 heterocycles.